The van der Waals surface area contributed by atoms with Gasteiger partial charge in [0.1, 0.15) is 0 Å². The quantitative estimate of drug-likeness (QED) is 0.790. The highest BCUT2D eigenvalue weighted by atomic mass is 16.2. The Bertz CT molecular complexity index is 484. The van der Waals surface area contributed by atoms with Crippen LogP contribution in [0.2, 0.25) is 0 Å². The van der Waals surface area contributed by atoms with Crippen molar-refractivity contribution < 1.29 is 4.79 Å². The molecule has 2 aliphatic rings. The van der Waals surface area contributed by atoms with Crippen molar-refractivity contribution in [2.75, 3.05) is 5.73 Å². The van der Waals surface area contributed by atoms with Crippen molar-refractivity contribution >= 4 is 11.6 Å². The molecular formula is C15H24N4O. The largest absolute Gasteiger partial charge is 0.395 e. The second kappa shape index (κ2) is 5.46. The first kappa shape index (κ1) is 13.5. The maximum atomic E-state index is 12.3. The van der Waals surface area contributed by atoms with Crippen LogP contribution in [0.25, 0.3) is 0 Å². The number of aromatic nitrogens is 2. The van der Waals surface area contributed by atoms with Gasteiger partial charge in [0.05, 0.1) is 11.4 Å². The van der Waals surface area contributed by atoms with Gasteiger partial charge in [-0.15, -0.1) is 0 Å². The zero-order valence-corrected chi connectivity index (χ0v) is 12.1. The number of nitrogens with one attached hydrogen (secondary N) is 2. The summed E-state index contributed by atoms with van der Waals surface area (Å²) < 4.78 is 0. The molecule has 5 heteroatoms. The third kappa shape index (κ3) is 2.67. The first-order valence-electron chi connectivity index (χ1n) is 7.83. The number of nitrogens with two attached hydrogens (primary N) is 1. The average Bonchev–Trinajstić information content (AvgIpc) is 3.22. The molecule has 1 amide bonds. The van der Waals surface area contributed by atoms with Gasteiger partial charge in [-0.1, -0.05) is 13.3 Å². The Morgan fingerprint density at radius 3 is 2.60 bits per heavy atom. The minimum atomic E-state index is -0.120. The van der Waals surface area contributed by atoms with Gasteiger partial charge in [-0.05, 0) is 44.4 Å². The second-order valence-electron chi connectivity index (χ2n) is 6.27. The molecule has 20 heavy (non-hydrogen) atoms. The molecule has 1 aromatic rings. The summed E-state index contributed by atoms with van der Waals surface area (Å²) in [5, 5.41) is 10.1. The molecule has 5 nitrogen and oxygen atoms in total. The highest BCUT2D eigenvalue weighted by Crippen LogP contribution is 2.42. The van der Waals surface area contributed by atoms with Crippen LogP contribution in [0.1, 0.15) is 74.0 Å². The van der Waals surface area contributed by atoms with Crippen molar-refractivity contribution in [1.82, 2.24) is 15.5 Å². The second-order valence-corrected chi connectivity index (χ2v) is 6.27. The molecular weight excluding hydrogens is 252 g/mol. The summed E-state index contributed by atoms with van der Waals surface area (Å²) in [6.07, 6.45) is 8.12. The first-order valence-corrected chi connectivity index (χ1v) is 7.83. The van der Waals surface area contributed by atoms with Gasteiger partial charge in [-0.25, -0.2) is 0 Å². The van der Waals surface area contributed by atoms with E-state index in [1.54, 1.807) is 0 Å². The molecule has 0 bridgehead atoms. The van der Waals surface area contributed by atoms with E-state index in [0.717, 1.165) is 37.3 Å². The number of hydrogen-bond donors (Lipinski definition) is 3. The Hall–Kier alpha value is -1.52. The van der Waals surface area contributed by atoms with Crippen LogP contribution in [0.4, 0.5) is 5.69 Å². The predicted molar refractivity (Wildman–Crippen MR) is 78.5 cm³/mol. The van der Waals surface area contributed by atoms with Gasteiger partial charge in [-0.2, -0.15) is 5.10 Å². The Kier molecular flexibility index (Phi) is 3.68. The molecule has 2 fully saturated rings. The molecule has 2 saturated carbocycles. The van der Waals surface area contributed by atoms with Crippen molar-refractivity contribution in [1.29, 1.82) is 0 Å². The Balaban J connectivity index is 1.59. The summed E-state index contributed by atoms with van der Waals surface area (Å²) in [5.74, 6) is 1.20. The van der Waals surface area contributed by atoms with Crippen LogP contribution in [0, 0.1) is 5.92 Å². The Morgan fingerprint density at radius 1 is 1.30 bits per heavy atom. The van der Waals surface area contributed by atoms with Gasteiger partial charge >= 0.3 is 0 Å². The SMILES string of the molecule is CCC1CCC(NC(=O)c2n[nH]c(C3CC3)c2N)CC1. The van der Waals surface area contributed by atoms with Crippen LogP contribution in [0.15, 0.2) is 0 Å². The van der Waals surface area contributed by atoms with Crippen molar-refractivity contribution in [3.8, 4) is 0 Å². The molecule has 0 spiro atoms. The fourth-order valence-electron chi connectivity index (χ4n) is 3.19. The molecule has 0 unspecified atom stereocenters. The van der Waals surface area contributed by atoms with Gasteiger partial charge in [0.2, 0.25) is 0 Å². The lowest BCUT2D eigenvalue weighted by atomic mass is 9.84. The van der Waals surface area contributed by atoms with Crippen molar-refractivity contribution in [3.05, 3.63) is 11.4 Å². The van der Waals surface area contributed by atoms with Crippen LogP contribution < -0.4 is 11.1 Å². The Morgan fingerprint density at radius 2 is 2.00 bits per heavy atom. The summed E-state index contributed by atoms with van der Waals surface area (Å²) in [6, 6.07) is 0.283. The number of amides is 1. The number of carbonyl (C=O) groups excluding carboxylic acids is 1. The average molecular weight is 276 g/mol. The van der Waals surface area contributed by atoms with Crippen LogP contribution in [-0.4, -0.2) is 22.1 Å². The van der Waals surface area contributed by atoms with Crippen molar-refractivity contribution in [3.63, 3.8) is 0 Å². The lowest BCUT2D eigenvalue weighted by molar-refractivity contribution is 0.0917. The third-order valence-corrected chi connectivity index (χ3v) is 4.79. The minimum Gasteiger partial charge on any atom is -0.395 e. The van der Waals surface area contributed by atoms with Gasteiger partial charge in [-0.3, -0.25) is 9.89 Å². The van der Waals surface area contributed by atoms with E-state index in [1.807, 2.05) is 0 Å². The summed E-state index contributed by atoms with van der Waals surface area (Å²) >= 11 is 0. The van der Waals surface area contributed by atoms with Crippen LogP contribution in [0.3, 0.4) is 0 Å². The van der Waals surface area contributed by atoms with E-state index in [9.17, 15) is 4.79 Å². The highest BCUT2D eigenvalue weighted by Gasteiger charge is 2.31. The number of nitrogens with zero attached hydrogens (tertiary/aromatic N) is 1. The molecule has 0 saturated heterocycles. The normalized spacial score (nSPS) is 26.4. The van der Waals surface area contributed by atoms with Gasteiger partial charge in [0.15, 0.2) is 5.69 Å². The fourth-order valence-corrected chi connectivity index (χ4v) is 3.19. The maximum absolute atomic E-state index is 12.3. The van der Waals surface area contributed by atoms with Crippen molar-refractivity contribution in [2.24, 2.45) is 5.92 Å². The van der Waals surface area contributed by atoms with E-state index in [2.05, 4.69) is 22.4 Å². The zero-order valence-electron chi connectivity index (χ0n) is 12.1. The topological polar surface area (TPSA) is 83.8 Å². The highest BCUT2D eigenvalue weighted by molar-refractivity contribution is 5.97. The molecule has 1 heterocycles. The molecule has 4 N–H and O–H groups in total. The minimum absolute atomic E-state index is 0.120. The van der Waals surface area contributed by atoms with Crippen LogP contribution in [-0.2, 0) is 0 Å². The van der Waals surface area contributed by atoms with E-state index in [1.165, 1.54) is 19.3 Å². The summed E-state index contributed by atoms with van der Waals surface area (Å²) in [6.45, 7) is 2.24. The molecule has 0 radical (unpaired) electrons. The van der Waals surface area contributed by atoms with Gasteiger partial charge < -0.3 is 11.1 Å². The fraction of sp³-hybridized carbons (Fsp3) is 0.733. The predicted octanol–water partition coefficient (Wildman–Crippen LogP) is 2.57. The number of hydrogen-bond acceptors (Lipinski definition) is 3. The van der Waals surface area contributed by atoms with E-state index >= 15 is 0 Å². The van der Waals surface area contributed by atoms with E-state index in [-0.39, 0.29) is 11.9 Å². The van der Waals surface area contributed by atoms with Crippen LogP contribution >= 0.6 is 0 Å². The lowest BCUT2D eigenvalue weighted by Gasteiger charge is -2.28. The van der Waals surface area contributed by atoms with E-state index in [4.69, 9.17) is 5.73 Å². The summed E-state index contributed by atoms with van der Waals surface area (Å²) in [7, 11) is 0. The molecule has 110 valence electrons. The molecule has 0 aliphatic heterocycles. The smallest absolute Gasteiger partial charge is 0.274 e. The van der Waals surface area contributed by atoms with Crippen molar-refractivity contribution in [2.45, 2.75) is 63.8 Å². The number of anilines is 1. The Labute approximate surface area is 119 Å². The molecule has 0 atom stereocenters. The molecule has 2 aliphatic carbocycles. The van der Waals surface area contributed by atoms with E-state index in [0.29, 0.717) is 17.3 Å². The molecule has 0 aromatic carbocycles. The zero-order chi connectivity index (χ0) is 14.1. The standard InChI is InChI=1S/C15H24N4O/c1-2-9-3-7-11(8-4-9)17-15(20)14-12(16)13(18-19-14)10-5-6-10/h9-11H,2-8,16H2,1H3,(H,17,20)(H,18,19). The summed E-state index contributed by atoms with van der Waals surface area (Å²) in [5.41, 5.74) is 7.92. The summed E-state index contributed by atoms with van der Waals surface area (Å²) in [4.78, 5) is 12.3. The monoisotopic (exact) mass is 276 g/mol. The molecule has 3 rings (SSSR count). The number of carbonyl (C=O) groups is 1. The molecule has 1 aromatic heterocycles. The van der Waals surface area contributed by atoms with Gasteiger partial charge in [0.25, 0.3) is 5.91 Å². The van der Waals surface area contributed by atoms with Crippen LogP contribution in [0.5, 0.6) is 0 Å². The number of rotatable bonds is 4. The number of nitrogen functional groups attached to an aromatic ring is 1. The first-order chi connectivity index (χ1) is 9.69. The van der Waals surface area contributed by atoms with E-state index < -0.39 is 0 Å². The number of aromatic amines is 1. The maximum Gasteiger partial charge on any atom is 0.274 e. The number of H-pyrrole nitrogens is 1. The lowest BCUT2D eigenvalue weighted by Crippen LogP contribution is -2.38. The third-order valence-electron chi connectivity index (χ3n) is 4.79. The van der Waals surface area contributed by atoms with Gasteiger partial charge in [0, 0.05) is 12.0 Å².